The fourth-order valence-corrected chi connectivity index (χ4v) is 3.69. The van der Waals surface area contributed by atoms with E-state index in [4.69, 9.17) is 4.98 Å². The predicted molar refractivity (Wildman–Crippen MR) is 76.8 cm³/mol. The van der Waals surface area contributed by atoms with Gasteiger partial charge in [0.2, 0.25) is 0 Å². The number of halogens is 1. The number of aromatic nitrogens is 5. The van der Waals surface area contributed by atoms with Gasteiger partial charge in [-0.1, -0.05) is 15.9 Å². The van der Waals surface area contributed by atoms with Gasteiger partial charge in [-0.3, -0.25) is 4.40 Å². The maximum Gasteiger partial charge on any atom is 0.195 e. The number of hydrogen-bond acceptors (Lipinski definition) is 5. The monoisotopic (exact) mass is 338 g/mol. The summed E-state index contributed by atoms with van der Waals surface area (Å²) in [6, 6.07) is 0. The third-order valence-electron chi connectivity index (χ3n) is 3.40. The highest BCUT2D eigenvalue weighted by atomic mass is 79.9. The lowest BCUT2D eigenvalue weighted by molar-refractivity contribution is 0.556. The topological polar surface area (TPSA) is 51.2 Å². The smallest absolute Gasteiger partial charge is 0.195 e. The summed E-state index contributed by atoms with van der Waals surface area (Å²) < 4.78 is 4.25. The highest BCUT2D eigenvalue weighted by Crippen LogP contribution is 2.28. The van der Waals surface area contributed by atoms with E-state index in [0.717, 1.165) is 41.6 Å². The molecule has 3 aromatic rings. The zero-order valence-corrected chi connectivity index (χ0v) is 12.4. The van der Waals surface area contributed by atoms with Crippen molar-refractivity contribution < 1.29 is 0 Å². The van der Waals surface area contributed by atoms with Gasteiger partial charge in [0.05, 0.1) is 12.2 Å². The molecule has 1 aliphatic rings. The van der Waals surface area contributed by atoms with Crippen molar-refractivity contribution >= 4 is 38.0 Å². The first-order valence-corrected chi connectivity index (χ1v) is 7.99. The van der Waals surface area contributed by atoms with Crippen LogP contribution >= 0.6 is 27.3 Å². The van der Waals surface area contributed by atoms with Crippen LogP contribution in [0.25, 0.3) is 4.96 Å². The van der Waals surface area contributed by atoms with E-state index in [2.05, 4.69) is 51.6 Å². The zero-order valence-electron chi connectivity index (χ0n) is 10.0. The summed E-state index contributed by atoms with van der Waals surface area (Å²) in [6.07, 6.45) is 3.86. The summed E-state index contributed by atoms with van der Waals surface area (Å²) in [5.41, 5.74) is 1.20. The van der Waals surface area contributed by atoms with Crippen LogP contribution in [0.1, 0.15) is 11.5 Å². The van der Waals surface area contributed by atoms with E-state index in [0.29, 0.717) is 0 Å². The lowest BCUT2D eigenvalue weighted by atomic mass is 10.3. The second-order valence-corrected chi connectivity index (χ2v) is 5.87. The van der Waals surface area contributed by atoms with Crippen LogP contribution in [0.4, 0.5) is 5.82 Å². The van der Waals surface area contributed by atoms with Crippen LogP contribution < -0.4 is 4.90 Å². The minimum atomic E-state index is 0.769. The van der Waals surface area contributed by atoms with Crippen LogP contribution in [0.15, 0.2) is 17.9 Å². The van der Waals surface area contributed by atoms with Gasteiger partial charge in [-0.2, -0.15) is 0 Å². The number of hydrogen-bond donors (Lipinski definition) is 0. The number of imidazole rings is 1. The molecule has 0 spiro atoms. The summed E-state index contributed by atoms with van der Waals surface area (Å²) in [6.45, 7) is 2.62. The number of anilines is 1. The molecule has 0 unspecified atom stereocenters. The Morgan fingerprint density at radius 2 is 2.32 bits per heavy atom. The number of nitrogens with zero attached hydrogens (tertiary/aromatic N) is 6. The van der Waals surface area contributed by atoms with Gasteiger partial charge in [0, 0.05) is 30.0 Å². The average Bonchev–Trinajstić information content (AvgIpc) is 3.12. The van der Waals surface area contributed by atoms with Crippen LogP contribution in [0.2, 0.25) is 0 Å². The van der Waals surface area contributed by atoms with Crippen molar-refractivity contribution in [2.75, 3.05) is 11.4 Å². The summed E-state index contributed by atoms with van der Waals surface area (Å²) >= 11 is 5.23. The van der Waals surface area contributed by atoms with Crippen LogP contribution in [0.3, 0.4) is 0 Å². The minimum absolute atomic E-state index is 0.769. The number of alkyl halides is 1. The Morgan fingerprint density at radius 3 is 3.21 bits per heavy atom. The molecule has 98 valence electrons. The van der Waals surface area contributed by atoms with Crippen LogP contribution in [-0.4, -0.2) is 30.7 Å². The SMILES string of the molecule is BrCc1c(N2CCn3cnnc3C2)nc2sccn12. The molecule has 0 amide bonds. The van der Waals surface area contributed by atoms with E-state index in [1.165, 1.54) is 5.69 Å². The lowest BCUT2D eigenvalue weighted by Gasteiger charge is -2.27. The molecule has 0 aliphatic carbocycles. The Labute approximate surface area is 121 Å². The van der Waals surface area contributed by atoms with E-state index in [1.54, 1.807) is 17.7 Å². The first-order chi connectivity index (χ1) is 9.36. The average molecular weight is 339 g/mol. The molecule has 0 N–H and O–H groups in total. The van der Waals surface area contributed by atoms with Crippen molar-refractivity contribution in [3.8, 4) is 0 Å². The molecule has 0 aromatic carbocycles. The van der Waals surface area contributed by atoms with Gasteiger partial charge in [-0.25, -0.2) is 4.98 Å². The van der Waals surface area contributed by atoms with Gasteiger partial charge in [0.1, 0.15) is 6.33 Å². The minimum Gasteiger partial charge on any atom is -0.346 e. The normalized spacial score (nSPS) is 15.1. The highest BCUT2D eigenvalue weighted by molar-refractivity contribution is 9.08. The molecule has 0 fully saturated rings. The molecule has 8 heteroatoms. The maximum absolute atomic E-state index is 4.74. The summed E-state index contributed by atoms with van der Waals surface area (Å²) in [4.78, 5) is 8.06. The Balaban J connectivity index is 1.77. The third-order valence-corrected chi connectivity index (χ3v) is 4.69. The quantitative estimate of drug-likeness (QED) is 0.669. The van der Waals surface area contributed by atoms with Gasteiger partial charge in [0.25, 0.3) is 0 Å². The largest absolute Gasteiger partial charge is 0.346 e. The predicted octanol–water partition coefficient (Wildman–Crippen LogP) is 1.90. The number of fused-ring (bicyclic) bond motifs is 2. The lowest BCUT2D eigenvalue weighted by Crippen LogP contribution is -2.34. The van der Waals surface area contributed by atoms with Crippen molar-refractivity contribution in [1.82, 2.24) is 24.1 Å². The first kappa shape index (κ1) is 11.4. The number of thiazole rings is 1. The Hall–Kier alpha value is -1.41. The standard InChI is InChI=1S/C11H11BrN6S/c12-5-8-10(14-11-18(8)3-4-19-11)16-1-2-17-7-13-15-9(17)6-16/h3-4,7H,1-2,5-6H2. The fourth-order valence-electron chi connectivity index (χ4n) is 2.45. The van der Waals surface area contributed by atoms with E-state index >= 15 is 0 Å². The van der Waals surface area contributed by atoms with Crippen molar-refractivity contribution in [3.63, 3.8) is 0 Å². The van der Waals surface area contributed by atoms with Crippen LogP contribution in [-0.2, 0) is 18.4 Å². The second-order valence-electron chi connectivity index (χ2n) is 4.43. The molecule has 0 saturated carbocycles. The molecule has 6 nitrogen and oxygen atoms in total. The summed E-state index contributed by atoms with van der Waals surface area (Å²) in [5.74, 6) is 2.06. The molecular formula is C11H11BrN6S. The summed E-state index contributed by atoms with van der Waals surface area (Å²) in [7, 11) is 0. The molecule has 0 radical (unpaired) electrons. The van der Waals surface area contributed by atoms with Gasteiger partial charge >= 0.3 is 0 Å². The summed E-state index contributed by atoms with van der Waals surface area (Å²) in [5, 5.41) is 11.0. The third kappa shape index (κ3) is 1.70. The van der Waals surface area contributed by atoms with Crippen LogP contribution in [0.5, 0.6) is 0 Å². The molecule has 19 heavy (non-hydrogen) atoms. The van der Waals surface area contributed by atoms with Crippen molar-refractivity contribution in [1.29, 1.82) is 0 Å². The maximum atomic E-state index is 4.74. The van der Waals surface area contributed by atoms with E-state index < -0.39 is 0 Å². The van der Waals surface area contributed by atoms with Crippen molar-refractivity contribution in [2.24, 2.45) is 0 Å². The van der Waals surface area contributed by atoms with E-state index in [1.807, 2.05) is 0 Å². The molecule has 0 bridgehead atoms. The Kier molecular flexibility index (Phi) is 2.59. The van der Waals surface area contributed by atoms with Crippen LogP contribution in [0, 0.1) is 0 Å². The second kappa shape index (κ2) is 4.31. The van der Waals surface area contributed by atoms with Gasteiger partial charge in [0.15, 0.2) is 16.6 Å². The van der Waals surface area contributed by atoms with Gasteiger partial charge in [-0.05, 0) is 0 Å². The van der Waals surface area contributed by atoms with Gasteiger partial charge < -0.3 is 9.47 Å². The first-order valence-electron chi connectivity index (χ1n) is 5.99. The molecule has 0 saturated heterocycles. The molecule has 4 rings (SSSR count). The van der Waals surface area contributed by atoms with E-state index in [-0.39, 0.29) is 0 Å². The highest BCUT2D eigenvalue weighted by Gasteiger charge is 2.23. The van der Waals surface area contributed by atoms with E-state index in [9.17, 15) is 0 Å². The number of rotatable bonds is 2. The van der Waals surface area contributed by atoms with Crippen molar-refractivity contribution in [2.45, 2.75) is 18.4 Å². The molecular weight excluding hydrogens is 328 g/mol. The Bertz CT molecular complexity index is 729. The zero-order chi connectivity index (χ0) is 12.8. The Morgan fingerprint density at radius 1 is 1.37 bits per heavy atom. The molecule has 1 aliphatic heterocycles. The van der Waals surface area contributed by atoms with Crippen molar-refractivity contribution in [3.05, 3.63) is 29.4 Å². The molecule has 0 atom stereocenters. The van der Waals surface area contributed by atoms with Gasteiger partial charge in [-0.15, -0.1) is 21.5 Å². The molecule has 3 aromatic heterocycles. The molecule has 4 heterocycles. The fraction of sp³-hybridized carbons (Fsp3) is 0.364.